The van der Waals surface area contributed by atoms with Gasteiger partial charge in [0.25, 0.3) is 5.56 Å². The molecule has 0 bridgehead atoms. The molecule has 0 fully saturated rings. The number of carbonyl (C=O) groups is 1. The van der Waals surface area contributed by atoms with Gasteiger partial charge in [0.15, 0.2) is 0 Å². The maximum Gasteiger partial charge on any atom is 0.337 e. The van der Waals surface area contributed by atoms with Gasteiger partial charge in [0.1, 0.15) is 0 Å². The number of aromatic carboxylic acids is 1. The maximum atomic E-state index is 11.2. The minimum atomic E-state index is -0.995. The number of carboxylic acid groups (broad SMARTS) is 1. The van der Waals surface area contributed by atoms with Crippen LogP contribution in [0.25, 0.3) is 0 Å². The summed E-state index contributed by atoms with van der Waals surface area (Å²) in [6, 6.07) is 1.33. The molecular formula is C9H11NO3. The summed E-state index contributed by atoms with van der Waals surface area (Å²) < 4.78 is 1.33. The van der Waals surface area contributed by atoms with Crippen molar-refractivity contribution in [1.29, 1.82) is 0 Å². The number of carboxylic acids is 1. The second-order valence-corrected chi connectivity index (χ2v) is 2.99. The first-order chi connectivity index (χ1) is 5.95. The van der Waals surface area contributed by atoms with Crippen molar-refractivity contribution in [3.63, 3.8) is 0 Å². The molecule has 1 aromatic heterocycles. The van der Waals surface area contributed by atoms with Gasteiger partial charge in [-0.25, -0.2) is 4.79 Å². The molecule has 0 spiro atoms. The van der Waals surface area contributed by atoms with Gasteiger partial charge in [-0.05, 0) is 19.4 Å². The van der Waals surface area contributed by atoms with Crippen molar-refractivity contribution in [2.24, 2.45) is 7.05 Å². The summed E-state index contributed by atoms with van der Waals surface area (Å²) in [4.78, 5) is 22.0. The molecule has 0 saturated heterocycles. The van der Waals surface area contributed by atoms with Crippen LogP contribution < -0.4 is 5.56 Å². The van der Waals surface area contributed by atoms with Crippen molar-refractivity contribution in [2.75, 3.05) is 0 Å². The number of aryl methyl sites for hydroxylation is 1. The average Bonchev–Trinajstić information content (AvgIpc) is 1.99. The molecule has 4 heteroatoms. The number of nitrogens with zero attached hydrogens (tertiary/aromatic N) is 1. The summed E-state index contributed by atoms with van der Waals surface area (Å²) in [6.07, 6.45) is 0. The van der Waals surface area contributed by atoms with Crippen LogP contribution in [0.3, 0.4) is 0 Å². The average molecular weight is 181 g/mol. The molecule has 13 heavy (non-hydrogen) atoms. The summed E-state index contributed by atoms with van der Waals surface area (Å²) in [6.45, 7) is 3.25. The monoisotopic (exact) mass is 181 g/mol. The molecule has 1 aromatic rings. The molecule has 0 aromatic carbocycles. The number of hydrogen-bond donors (Lipinski definition) is 1. The first-order valence-corrected chi connectivity index (χ1v) is 3.85. The van der Waals surface area contributed by atoms with E-state index in [4.69, 9.17) is 5.11 Å². The Hall–Kier alpha value is -1.58. The van der Waals surface area contributed by atoms with Gasteiger partial charge in [0.05, 0.1) is 5.56 Å². The van der Waals surface area contributed by atoms with Gasteiger partial charge in [0.2, 0.25) is 0 Å². The maximum absolute atomic E-state index is 11.2. The zero-order valence-corrected chi connectivity index (χ0v) is 7.79. The van der Waals surface area contributed by atoms with E-state index in [1.807, 2.05) is 0 Å². The van der Waals surface area contributed by atoms with Crippen molar-refractivity contribution >= 4 is 5.97 Å². The third-order valence-electron chi connectivity index (χ3n) is 2.14. The first kappa shape index (κ1) is 9.51. The van der Waals surface area contributed by atoms with Crippen molar-refractivity contribution < 1.29 is 9.90 Å². The molecule has 70 valence electrons. The Balaban J connectivity index is 3.63. The van der Waals surface area contributed by atoms with Gasteiger partial charge in [-0.2, -0.15) is 0 Å². The van der Waals surface area contributed by atoms with Gasteiger partial charge in [-0.1, -0.05) is 0 Å². The quantitative estimate of drug-likeness (QED) is 0.693. The number of rotatable bonds is 1. The topological polar surface area (TPSA) is 59.3 Å². The fraction of sp³-hybridized carbons (Fsp3) is 0.333. The highest BCUT2D eigenvalue weighted by Gasteiger charge is 2.13. The van der Waals surface area contributed by atoms with Crippen LogP contribution in [0.1, 0.15) is 21.6 Å². The molecule has 0 aliphatic carbocycles. The van der Waals surface area contributed by atoms with Crippen molar-refractivity contribution in [3.05, 3.63) is 33.2 Å². The lowest BCUT2D eigenvalue weighted by Crippen LogP contribution is -2.22. The Labute approximate surface area is 75.4 Å². The minimum Gasteiger partial charge on any atom is -0.478 e. The second kappa shape index (κ2) is 3.05. The molecule has 0 aliphatic heterocycles. The van der Waals surface area contributed by atoms with Crippen LogP contribution in [0.5, 0.6) is 0 Å². The zero-order valence-electron chi connectivity index (χ0n) is 7.79. The van der Waals surface area contributed by atoms with E-state index in [-0.39, 0.29) is 11.1 Å². The van der Waals surface area contributed by atoms with Crippen molar-refractivity contribution in [1.82, 2.24) is 4.57 Å². The summed E-state index contributed by atoms with van der Waals surface area (Å²) in [5.74, 6) is -0.995. The lowest BCUT2D eigenvalue weighted by Gasteiger charge is -2.08. The molecule has 4 nitrogen and oxygen atoms in total. The highest BCUT2D eigenvalue weighted by Crippen LogP contribution is 2.09. The Morgan fingerprint density at radius 3 is 2.46 bits per heavy atom. The molecule has 0 aliphatic rings. The lowest BCUT2D eigenvalue weighted by molar-refractivity contribution is 0.0694. The van der Waals surface area contributed by atoms with Gasteiger partial charge in [0, 0.05) is 18.8 Å². The van der Waals surface area contributed by atoms with Crippen LogP contribution >= 0.6 is 0 Å². The zero-order chi connectivity index (χ0) is 10.2. The molecule has 0 saturated carbocycles. The fourth-order valence-electron chi connectivity index (χ4n) is 1.30. The van der Waals surface area contributed by atoms with Crippen LogP contribution in [-0.2, 0) is 7.05 Å². The highest BCUT2D eigenvalue weighted by atomic mass is 16.4. The highest BCUT2D eigenvalue weighted by molar-refractivity contribution is 5.90. The summed E-state index contributed by atoms with van der Waals surface area (Å²) >= 11 is 0. The van der Waals surface area contributed by atoms with E-state index >= 15 is 0 Å². The Bertz CT molecular complexity index is 418. The van der Waals surface area contributed by atoms with Crippen LogP contribution in [0.15, 0.2) is 10.9 Å². The van der Waals surface area contributed by atoms with Crippen molar-refractivity contribution in [3.8, 4) is 0 Å². The van der Waals surface area contributed by atoms with E-state index < -0.39 is 5.97 Å². The van der Waals surface area contributed by atoms with Gasteiger partial charge in [-0.15, -0.1) is 0 Å². The lowest BCUT2D eigenvalue weighted by atomic mass is 10.1. The van der Waals surface area contributed by atoms with Crippen LogP contribution in [0.4, 0.5) is 0 Å². The molecule has 0 atom stereocenters. The van der Waals surface area contributed by atoms with Gasteiger partial charge < -0.3 is 9.67 Å². The van der Waals surface area contributed by atoms with E-state index in [0.29, 0.717) is 11.3 Å². The molecule has 0 amide bonds. The molecule has 1 heterocycles. The van der Waals surface area contributed by atoms with Gasteiger partial charge >= 0.3 is 5.97 Å². The largest absolute Gasteiger partial charge is 0.478 e. The molecule has 1 N–H and O–H groups in total. The third-order valence-corrected chi connectivity index (χ3v) is 2.14. The van der Waals surface area contributed by atoms with E-state index in [1.165, 1.54) is 10.6 Å². The first-order valence-electron chi connectivity index (χ1n) is 3.85. The number of pyridine rings is 1. The van der Waals surface area contributed by atoms with Crippen LogP contribution in [-0.4, -0.2) is 15.6 Å². The number of aromatic nitrogens is 1. The van der Waals surface area contributed by atoms with Crippen molar-refractivity contribution in [2.45, 2.75) is 13.8 Å². The Morgan fingerprint density at radius 2 is 2.00 bits per heavy atom. The molecule has 1 rings (SSSR count). The normalized spacial score (nSPS) is 10.1. The minimum absolute atomic E-state index is 0.181. The van der Waals surface area contributed by atoms with Crippen LogP contribution in [0.2, 0.25) is 0 Å². The predicted molar refractivity (Wildman–Crippen MR) is 48.1 cm³/mol. The third kappa shape index (κ3) is 1.47. The predicted octanol–water partition coefficient (Wildman–Crippen LogP) is 0.700. The Kier molecular flexibility index (Phi) is 2.23. The standard InChI is InChI=1S/C9H11NO3/c1-5-4-7(11)10(3)6(2)8(5)9(12)13/h4H,1-3H3,(H,12,13). The van der Waals surface area contributed by atoms with Gasteiger partial charge in [-0.3, -0.25) is 4.79 Å². The number of hydrogen-bond acceptors (Lipinski definition) is 2. The van der Waals surface area contributed by atoms with E-state index in [0.717, 1.165) is 0 Å². The Morgan fingerprint density at radius 1 is 1.46 bits per heavy atom. The van der Waals surface area contributed by atoms with E-state index in [2.05, 4.69) is 0 Å². The molecular weight excluding hydrogens is 170 g/mol. The van der Waals surface area contributed by atoms with E-state index in [9.17, 15) is 9.59 Å². The van der Waals surface area contributed by atoms with E-state index in [1.54, 1.807) is 20.9 Å². The fourth-order valence-corrected chi connectivity index (χ4v) is 1.30. The molecule has 0 radical (unpaired) electrons. The second-order valence-electron chi connectivity index (χ2n) is 2.99. The summed E-state index contributed by atoms with van der Waals surface area (Å²) in [5, 5.41) is 8.85. The summed E-state index contributed by atoms with van der Waals surface area (Å²) in [5.41, 5.74) is 1.02. The van der Waals surface area contributed by atoms with Crippen LogP contribution in [0, 0.1) is 13.8 Å². The summed E-state index contributed by atoms with van der Waals surface area (Å²) in [7, 11) is 1.56. The molecule has 0 unspecified atom stereocenters. The SMILES string of the molecule is Cc1cc(=O)n(C)c(C)c1C(=O)O. The smallest absolute Gasteiger partial charge is 0.337 e.